The minimum absolute atomic E-state index is 0.0513. The molecule has 0 aliphatic carbocycles. The van der Waals surface area contributed by atoms with E-state index in [-0.39, 0.29) is 11.3 Å². The van der Waals surface area contributed by atoms with Gasteiger partial charge in [0.25, 0.3) is 5.91 Å². The van der Waals surface area contributed by atoms with Crippen LogP contribution in [0.2, 0.25) is 0 Å². The summed E-state index contributed by atoms with van der Waals surface area (Å²) in [6.07, 6.45) is 1.03. The summed E-state index contributed by atoms with van der Waals surface area (Å²) in [5, 5.41) is 23.8. The van der Waals surface area contributed by atoms with E-state index in [2.05, 4.69) is 11.4 Å². The summed E-state index contributed by atoms with van der Waals surface area (Å²) in [6.45, 7) is 3.71. The summed E-state index contributed by atoms with van der Waals surface area (Å²) in [5.74, 6) is -0.479. The van der Waals surface area contributed by atoms with Crippen LogP contribution >= 0.6 is 0 Å². The summed E-state index contributed by atoms with van der Waals surface area (Å²) in [6, 6.07) is 12.8. The maximum absolute atomic E-state index is 12.4. The number of phenolic OH excluding ortho intramolecular Hbond substituents is 1. The molecule has 0 bridgehead atoms. The Bertz CT molecular complexity index is 712. The van der Waals surface area contributed by atoms with Crippen molar-refractivity contribution in [3.63, 3.8) is 0 Å². The quantitative estimate of drug-likeness (QED) is 0.903. The topological polar surface area (TPSA) is 73.1 Å². The highest BCUT2D eigenvalue weighted by Gasteiger charge is 2.29. The Balaban J connectivity index is 2.41. The summed E-state index contributed by atoms with van der Waals surface area (Å²) in [4.78, 5) is 12.4. The molecule has 1 amide bonds. The number of phenols is 1. The van der Waals surface area contributed by atoms with Crippen LogP contribution in [0, 0.1) is 11.3 Å². The van der Waals surface area contributed by atoms with E-state index in [0.717, 1.165) is 5.39 Å². The van der Waals surface area contributed by atoms with Gasteiger partial charge in [-0.15, -0.1) is 0 Å². The van der Waals surface area contributed by atoms with Crippen LogP contribution in [0.3, 0.4) is 0 Å². The Morgan fingerprint density at radius 3 is 2.52 bits per heavy atom. The van der Waals surface area contributed by atoms with E-state index in [9.17, 15) is 15.2 Å². The fourth-order valence-corrected chi connectivity index (χ4v) is 2.34. The second-order valence-electron chi connectivity index (χ2n) is 5.04. The molecule has 0 fully saturated rings. The SMILES string of the molecule is CCC(C#N)(CC)NC(=O)c1ccc2ccccc2c1O. The number of nitrogens with one attached hydrogen (secondary N) is 1. The molecule has 2 aromatic carbocycles. The number of amides is 1. The minimum atomic E-state index is -0.894. The molecular weight excluding hydrogens is 264 g/mol. The van der Waals surface area contributed by atoms with Crippen LogP contribution in [0.1, 0.15) is 37.0 Å². The molecule has 108 valence electrons. The second-order valence-corrected chi connectivity index (χ2v) is 5.04. The molecule has 4 heteroatoms. The van der Waals surface area contributed by atoms with E-state index in [1.807, 2.05) is 26.0 Å². The average Bonchev–Trinajstić information content (AvgIpc) is 2.53. The van der Waals surface area contributed by atoms with Crippen molar-refractivity contribution in [2.45, 2.75) is 32.2 Å². The molecular formula is C17H18N2O2. The fraction of sp³-hybridized carbons (Fsp3) is 0.294. The molecule has 0 aliphatic rings. The van der Waals surface area contributed by atoms with Crippen molar-refractivity contribution in [3.05, 3.63) is 42.0 Å². The Hall–Kier alpha value is -2.54. The lowest BCUT2D eigenvalue weighted by Gasteiger charge is -2.25. The van der Waals surface area contributed by atoms with Crippen LogP contribution in [-0.2, 0) is 0 Å². The van der Waals surface area contributed by atoms with Gasteiger partial charge in [0.15, 0.2) is 0 Å². The average molecular weight is 282 g/mol. The zero-order valence-electron chi connectivity index (χ0n) is 12.2. The first-order valence-electron chi connectivity index (χ1n) is 7.01. The molecule has 2 N–H and O–H groups in total. The van der Waals surface area contributed by atoms with Crippen molar-refractivity contribution < 1.29 is 9.90 Å². The smallest absolute Gasteiger partial charge is 0.256 e. The number of nitriles is 1. The van der Waals surface area contributed by atoms with E-state index >= 15 is 0 Å². The molecule has 0 spiro atoms. The Morgan fingerprint density at radius 1 is 1.24 bits per heavy atom. The predicted octanol–water partition coefficient (Wildman–Crippen LogP) is 3.36. The molecule has 21 heavy (non-hydrogen) atoms. The van der Waals surface area contributed by atoms with Gasteiger partial charge in [-0.2, -0.15) is 5.26 Å². The van der Waals surface area contributed by atoms with Gasteiger partial charge >= 0.3 is 0 Å². The summed E-state index contributed by atoms with van der Waals surface area (Å²) in [7, 11) is 0. The number of fused-ring (bicyclic) bond motifs is 1. The molecule has 0 atom stereocenters. The van der Waals surface area contributed by atoms with Crippen molar-refractivity contribution in [3.8, 4) is 11.8 Å². The number of rotatable bonds is 4. The van der Waals surface area contributed by atoms with Crippen LogP contribution in [0.15, 0.2) is 36.4 Å². The number of aromatic hydroxyl groups is 1. The first-order chi connectivity index (χ1) is 10.1. The van der Waals surface area contributed by atoms with Gasteiger partial charge in [0.1, 0.15) is 11.3 Å². The van der Waals surface area contributed by atoms with Gasteiger partial charge in [-0.05, 0) is 24.3 Å². The highest BCUT2D eigenvalue weighted by Crippen LogP contribution is 2.29. The first-order valence-corrected chi connectivity index (χ1v) is 7.01. The van der Waals surface area contributed by atoms with Crippen molar-refractivity contribution in [2.75, 3.05) is 0 Å². The largest absolute Gasteiger partial charge is 0.506 e. The van der Waals surface area contributed by atoms with E-state index in [4.69, 9.17) is 0 Å². The number of nitrogens with zero attached hydrogens (tertiary/aromatic N) is 1. The number of hydrogen-bond donors (Lipinski definition) is 2. The molecule has 0 aromatic heterocycles. The number of carbonyl (C=O) groups excluding carboxylic acids is 1. The molecule has 0 unspecified atom stereocenters. The lowest BCUT2D eigenvalue weighted by atomic mass is 9.94. The summed E-state index contributed by atoms with van der Waals surface area (Å²) >= 11 is 0. The lowest BCUT2D eigenvalue weighted by molar-refractivity contribution is 0.0913. The van der Waals surface area contributed by atoms with Gasteiger partial charge in [-0.1, -0.05) is 44.2 Å². The molecule has 2 rings (SSSR count). The zero-order valence-corrected chi connectivity index (χ0v) is 12.2. The van der Waals surface area contributed by atoms with Gasteiger partial charge in [0.2, 0.25) is 0 Å². The minimum Gasteiger partial charge on any atom is -0.506 e. The normalized spacial score (nSPS) is 11.1. The fourth-order valence-electron chi connectivity index (χ4n) is 2.34. The third-order valence-electron chi connectivity index (χ3n) is 3.92. The molecule has 0 saturated carbocycles. The highest BCUT2D eigenvalue weighted by atomic mass is 16.3. The number of hydrogen-bond acceptors (Lipinski definition) is 3. The zero-order chi connectivity index (χ0) is 15.5. The number of benzene rings is 2. The van der Waals surface area contributed by atoms with Gasteiger partial charge in [-0.3, -0.25) is 4.79 Å². The molecule has 0 aliphatic heterocycles. The third kappa shape index (κ3) is 2.68. The molecule has 0 radical (unpaired) electrons. The van der Waals surface area contributed by atoms with Crippen molar-refractivity contribution in [1.29, 1.82) is 5.26 Å². The number of carbonyl (C=O) groups is 1. The highest BCUT2D eigenvalue weighted by molar-refractivity contribution is 6.03. The van der Waals surface area contributed by atoms with Crippen LogP contribution in [0.5, 0.6) is 5.75 Å². The van der Waals surface area contributed by atoms with Gasteiger partial charge in [0.05, 0.1) is 11.6 Å². The van der Waals surface area contributed by atoms with Crippen molar-refractivity contribution >= 4 is 16.7 Å². The second kappa shape index (κ2) is 5.84. The van der Waals surface area contributed by atoms with Crippen molar-refractivity contribution in [1.82, 2.24) is 5.32 Å². The standard InChI is InChI=1S/C17H18N2O2/c1-3-17(4-2,11-18)19-16(21)14-10-9-12-7-5-6-8-13(12)15(14)20/h5-10,20H,3-4H2,1-2H3,(H,19,21). The van der Waals surface area contributed by atoms with E-state index < -0.39 is 11.4 Å². The van der Waals surface area contributed by atoms with Gasteiger partial charge in [-0.25, -0.2) is 0 Å². The van der Waals surface area contributed by atoms with Crippen molar-refractivity contribution in [2.24, 2.45) is 0 Å². The maximum atomic E-state index is 12.4. The Morgan fingerprint density at radius 2 is 1.90 bits per heavy atom. The van der Waals surface area contributed by atoms with E-state index in [0.29, 0.717) is 18.2 Å². The Kier molecular flexibility index (Phi) is 4.13. The van der Waals surface area contributed by atoms with Gasteiger partial charge < -0.3 is 10.4 Å². The molecule has 2 aromatic rings. The molecule has 4 nitrogen and oxygen atoms in total. The third-order valence-corrected chi connectivity index (χ3v) is 3.92. The van der Waals surface area contributed by atoms with Crippen LogP contribution in [-0.4, -0.2) is 16.6 Å². The van der Waals surface area contributed by atoms with E-state index in [1.54, 1.807) is 24.3 Å². The Labute approximate surface area is 124 Å². The van der Waals surface area contributed by atoms with Crippen LogP contribution < -0.4 is 5.32 Å². The lowest BCUT2D eigenvalue weighted by Crippen LogP contribution is -2.46. The van der Waals surface area contributed by atoms with Crippen LogP contribution in [0.25, 0.3) is 10.8 Å². The predicted molar refractivity (Wildman–Crippen MR) is 82.0 cm³/mol. The van der Waals surface area contributed by atoms with Gasteiger partial charge in [0, 0.05) is 5.39 Å². The summed E-state index contributed by atoms with van der Waals surface area (Å²) in [5.41, 5.74) is -0.704. The first kappa shape index (κ1) is 14.9. The molecule has 0 saturated heterocycles. The van der Waals surface area contributed by atoms with Crippen LogP contribution in [0.4, 0.5) is 0 Å². The van der Waals surface area contributed by atoms with E-state index in [1.165, 1.54) is 0 Å². The maximum Gasteiger partial charge on any atom is 0.256 e. The monoisotopic (exact) mass is 282 g/mol. The summed E-state index contributed by atoms with van der Waals surface area (Å²) < 4.78 is 0. The molecule has 0 heterocycles.